The van der Waals surface area contributed by atoms with Gasteiger partial charge in [-0.25, -0.2) is 9.59 Å². The highest BCUT2D eigenvalue weighted by molar-refractivity contribution is 6.30. The molecule has 0 aliphatic rings. The maximum atomic E-state index is 11.8. The standard InChI is InChI=1S/C13H17ClN2O3/c1-3-7-13(2,11(17)18)16-12(19)15-10-6-4-5-9(14)8-10/h4-6,8H,3,7H2,1-2H3,(H,17,18)(H2,15,16,19). The largest absolute Gasteiger partial charge is 0.480 e. The van der Waals surface area contributed by atoms with E-state index in [-0.39, 0.29) is 0 Å². The lowest BCUT2D eigenvalue weighted by Crippen LogP contribution is -2.53. The van der Waals surface area contributed by atoms with Gasteiger partial charge in [-0.05, 0) is 31.5 Å². The van der Waals surface area contributed by atoms with Crippen molar-refractivity contribution in [2.75, 3.05) is 5.32 Å². The Morgan fingerprint density at radius 1 is 1.42 bits per heavy atom. The van der Waals surface area contributed by atoms with Crippen molar-refractivity contribution in [3.63, 3.8) is 0 Å². The summed E-state index contributed by atoms with van der Waals surface area (Å²) in [6, 6.07) is 6.06. The van der Waals surface area contributed by atoms with Crippen LogP contribution in [0.2, 0.25) is 5.02 Å². The molecule has 0 aliphatic heterocycles. The quantitative estimate of drug-likeness (QED) is 0.777. The van der Waals surface area contributed by atoms with Crippen LogP contribution in [0.1, 0.15) is 26.7 Å². The fourth-order valence-electron chi connectivity index (χ4n) is 1.70. The first-order chi connectivity index (χ1) is 8.87. The van der Waals surface area contributed by atoms with Gasteiger partial charge in [0.15, 0.2) is 0 Å². The van der Waals surface area contributed by atoms with E-state index in [9.17, 15) is 9.59 Å². The molecule has 0 fully saturated rings. The molecular formula is C13H17ClN2O3. The van der Waals surface area contributed by atoms with Crippen molar-refractivity contribution in [1.29, 1.82) is 0 Å². The summed E-state index contributed by atoms with van der Waals surface area (Å²) in [4.78, 5) is 23.0. The van der Waals surface area contributed by atoms with Crippen LogP contribution in [0.5, 0.6) is 0 Å². The molecule has 1 aromatic carbocycles. The van der Waals surface area contributed by atoms with Gasteiger partial charge < -0.3 is 15.7 Å². The molecule has 0 spiro atoms. The van der Waals surface area contributed by atoms with Crippen molar-refractivity contribution in [3.8, 4) is 0 Å². The number of nitrogens with one attached hydrogen (secondary N) is 2. The minimum Gasteiger partial charge on any atom is -0.480 e. The van der Waals surface area contributed by atoms with E-state index in [0.29, 0.717) is 23.6 Å². The van der Waals surface area contributed by atoms with Crippen LogP contribution in [0, 0.1) is 0 Å². The lowest BCUT2D eigenvalue weighted by atomic mass is 9.97. The molecule has 104 valence electrons. The van der Waals surface area contributed by atoms with Gasteiger partial charge in [0.1, 0.15) is 5.54 Å². The maximum absolute atomic E-state index is 11.8. The van der Waals surface area contributed by atoms with Crippen LogP contribution in [-0.2, 0) is 4.79 Å². The number of amides is 2. The molecule has 2 amide bonds. The van der Waals surface area contributed by atoms with Crippen LogP contribution >= 0.6 is 11.6 Å². The van der Waals surface area contributed by atoms with E-state index in [1.165, 1.54) is 6.92 Å². The molecule has 1 atom stereocenters. The van der Waals surface area contributed by atoms with Crippen LogP contribution < -0.4 is 10.6 Å². The second-order valence-corrected chi connectivity index (χ2v) is 4.91. The zero-order chi connectivity index (χ0) is 14.5. The molecule has 1 aromatic rings. The first-order valence-corrected chi connectivity index (χ1v) is 6.33. The second-order valence-electron chi connectivity index (χ2n) is 4.48. The first-order valence-electron chi connectivity index (χ1n) is 5.95. The molecule has 5 nitrogen and oxygen atoms in total. The third-order valence-electron chi connectivity index (χ3n) is 2.69. The smallest absolute Gasteiger partial charge is 0.329 e. The van der Waals surface area contributed by atoms with Crippen LogP contribution in [0.3, 0.4) is 0 Å². The highest BCUT2D eigenvalue weighted by Gasteiger charge is 2.33. The average molecular weight is 285 g/mol. The summed E-state index contributed by atoms with van der Waals surface area (Å²) < 4.78 is 0. The zero-order valence-electron chi connectivity index (χ0n) is 10.9. The number of halogens is 1. The number of carbonyl (C=O) groups excluding carboxylic acids is 1. The monoisotopic (exact) mass is 284 g/mol. The van der Waals surface area contributed by atoms with Crippen molar-refractivity contribution in [2.45, 2.75) is 32.2 Å². The molecule has 19 heavy (non-hydrogen) atoms. The van der Waals surface area contributed by atoms with E-state index in [0.717, 1.165) is 0 Å². The maximum Gasteiger partial charge on any atom is 0.329 e. The fourth-order valence-corrected chi connectivity index (χ4v) is 1.89. The molecule has 0 heterocycles. The van der Waals surface area contributed by atoms with Gasteiger partial charge in [0.25, 0.3) is 0 Å². The van der Waals surface area contributed by atoms with Gasteiger partial charge in [0, 0.05) is 10.7 Å². The normalized spacial score (nSPS) is 13.4. The highest BCUT2D eigenvalue weighted by Crippen LogP contribution is 2.16. The summed E-state index contributed by atoms with van der Waals surface area (Å²) in [5.41, 5.74) is -0.772. The Balaban J connectivity index is 2.71. The summed E-state index contributed by atoms with van der Waals surface area (Å²) in [6.07, 6.45) is 1.01. The van der Waals surface area contributed by atoms with Crippen LogP contribution in [0.4, 0.5) is 10.5 Å². The van der Waals surface area contributed by atoms with Crippen molar-refractivity contribution in [3.05, 3.63) is 29.3 Å². The lowest BCUT2D eigenvalue weighted by molar-refractivity contribution is -0.143. The van der Waals surface area contributed by atoms with E-state index in [2.05, 4.69) is 10.6 Å². The number of aliphatic carboxylic acids is 1. The van der Waals surface area contributed by atoms with E-state index >= 15 is 0 Å². The van der Waals surface area contributed by atoms with Gasteiger partial charge in [-0.3, -0.25) is 0 Å². The number of carbonyl (C=O) groups is 2. The Hall–Kier alpha value is -1.75. The molecule has 1 rings (SSSR count). The summed E-state index contributed by atoms with van der Waals surface area (Å²) >= 11 is 5.80. The van der Waals surface area contributed by atoms with Crippen LogP contribution in [0.15, 0.2) is 24.3 Å². The Kier molecular flexibility index (Phi) is 5.18. The number of benzene rings is 1. The number of rotatable bonds is 5. The zero-order valence-corrected chi connectivity index (χ0v) is 11.6. The summed E-state index contributed by atoms with van der Waals surface area (Å²) in [5.74, 6) is -1.06. The third kappa shape index (κ3) is 4.44. The number of hydrogen-bond donors (Lipinski definition) is 3. The Labute approximate surface area is 117 Å². The van der Waals surface area contributed by atoms with Crippen LogP contribution in [0.25, 0.3) is 0 Å². The lowest BCUT2D eigenvalue weighted by Gasteiger charge is -2.25. The molecule has 0 saturated heterocycles. The Morgan fingerprint density at radius 3 is 2.63 bits per heavy atom. The molecule has 0 aromatic heterocycles. The molecule has 0 saturated carbocycles. The summed E-state index contributed by atoms with van der Waals surface area (Å²) in [5, 5.41) is 14.7. The molecule has 1 unspecified atom stereocenters. The predicted octanol–water partition coefficient (Wildman–Crippen LogP) is 3.10. The van der Waals surface area contributed by atoms with Crippen molar-refractivity contribution in [2.24, 2.45) is 0 Å². The van der Waals surface area contributed by atoms with Gasteiger partial charge in [-0.15, -0.1) is 0 Å². The van der Waals surface area contributed by atoms with Gasteiger partial charge in [0.05, 0.1) is 0 Å². The fraction of sp³-hybridized carbons (Fsp3) is 0.385. The van der Waals surface area contributed by atoms with Gasteiger partial charge >= 0.3 is 12.0 Å². The molecule has 0 bridgehead atoms. The topological polar surface area (TPSA) is 78.4 Å². The number of carboxylic acids is 1. The Bertz CT molecular complexity index is 479. The Morgan fingerprint density at radius 2 is 2.11 bits per heavy atom. The van der Waals surface area contributed by atoms with E-state index < -0.39 is 17.5 Å². The predicted molar refractivity (Wildman–Crippen MR) is 74.6 cm³/mol. The SMILES string of the molecule is CCCC(C)(NC(=O)Nc1cccc(Cl)c1)C(=O)O. The second kappa shape index (κ2) is 6.43. The number of anilines is 1. The van der Waals surface area contributed by atoms with Crippen molar-refractivity contribution < 1.29 is 14.7 Å². The molecular weight excluding hydrogens is 268 g/mol. The van der Waals surface area contributed by atoms with Crippen molar-refractivity contribution in [1.82, 2.24) is 5.32 Å². The molecule has 3 N–H and O–H groups in total. The minimum atomic E-state index is -1.28. The summed E-state index contributed by atoms with van der Waals surface area (Å²) in [6.45, 7) is 3.34. The molecule has 0 radical (unpaired) electrons. The van der Waals surface area contributed by atoms with Crippen LogP contribution in [-0.4, -0.2) is 22.6 Å². The average Bonchev–Trinajstić information content (AvgIpc) is 2.28. The van der Waals surface area contributed by atoms with Gasteiger partial charge in [-0.2, -0.15) is 0 Å². The minimum absolute atomic E-state index is 0.352. The molecule has 6 heteroatoms. The number of urea groups is 1. The summed E-state index contributed by atoms with van der Waals surface area (Å²) in [7, 11) is 0. The third-order valence-corrected chi connectivity index (χ3v) is 2.93. The number of carboxylic acid groups (broad SMARTS) is 1. The van der Waals surface area contributed by atoms with E-state index in [1.807, 2.05) is 6.92 Å². The van der Waals surface area contributed by atoms with Gasteiger partial charge in [0.2, 0.25) is 0 Å². The van der Waals surface area contributed by atoms with Crippen molar-refractivity contribution >= 4 is 29.3 Å². The first kappa shape index (κ1) is 15.3. The highest BCUT2D eigenvalue weighted by atomic mass is 35.5. The van der Waals surface area contributed by atoms with E-state index in [1.54, 1.807) is 24.3 Å². The van der Waals surface area contributed by atoms with E-state index in [4.69, 9.17) is 16.7 Å². The number of hydrogen-bond acceptors (Lipinski definition) is 2. The van der Waals surface area contributed by atoms with Gasteiger partial charge in [-0.1, -0.05) is 31.0 Å². The molecule has 0 aliphatic carbocycles.